The Hall–Kier alpha value is -0.0900. The van der Waals surface area contributed by atoms with E-state index in [0.717, 1.165) is 12.8 Å². The maximum Gasteiger partial charge on any atom is 0.151 e. The van der Waals surface area contributed by atoms with Crippen LogP contribution in [-0.2, 0) is 9.84 Å². The van der Waals surface area contributed by atoms with Gasteiger partial charge in [-0.05, 0) is 18.8 Å². The number of nitrogens with two attached hydrogens (primary N) is 1. The molecule has 0 atom stereocenters. The van der Waals surface area contributed by atoms with Crippen molar-refractivity contribution in [2.75, 3.05) is 18.1 Å². The van der Waals surface area contributed by atoms with Crippen LogP contribution in [0.5, 0.6) is 0 Å². The van der Waals surface area contributed by atoms with Crippen molar-refractivity contribution in [3.63, 3.8) is 0 Å². The summed E-state index contributed by atoms with van der Waals surface area (Å²) < 4.78 is 22.3. The SMILES string of the molecule is NCCS(=O)(=O)CC1CCC1. The van der Waals surface area contributed by atoms with Crippen molar-refractivity contribution in [3.05, 3.63) is 0 Å². The van der Waals surface area contributed by atoms with Gasteiger partial charge in [-0.25, -0.2) is 8.42 Å². The largest absolute Gasteiger partial charge is 0.329 e. The van der Waals surface area contributed by atoms with Gasteiger partial charge in [0.25, 0.3) is 0 Å². The second-order valence-corrected chi connectivity index (χ2v) is 5.43. The second kappa shape index (κ2) is 3.54. The minimum Gasteiger partial charge on any atom is -0.329 e. The first-order valence-corrected chi connectivity index (χ1v) is 5.87. The number of rotatable bonds is 4. The van der Waals surface area contributed by atoms with Gasteiger partial charge in [0, 0.05) is 6.54 Å². The zero-order valence-corrected chi connectivity index (χ0v) is 7.44. The van der Waals surface area contributed by atoms with Crippen molar-refractivity contribution in [2.45, 2.75) is 19.3 Å². The Morgan fingerprint density at radius 1 is 1.36 bits per heavy atom. The lowest BCUT2D eigenvalue weighted by Crippen LogP contribution is -2.26. The zero-order chi connectivity index (χ0) is 8.32. The number of hydrogen-bond acceptors (Lipinski definition) is 3. The predicted molar refractivity (Wildman–Crippen MR) is 45.0 cm³/mol. The van der Waals surface area contributed by atoms with Gasteiger partial charge in [-0.1, -0.05) is 6.42 Å². The molecule has 0 unspecified atom stereocenters. The van der Waals surface area contributed by atoms with Gasteiger partial charge >= 0.3 is 0 Å². The molecule has 0 aliphatic heterocycles. The third kappa shape index (κ3) is 2.79. The Morgan fingerprint density at radius 3 is 2.36 bits per heavy atom. The molecule has 1 saturated carbocycles. The predicted octanol–water partition coefficient (Wildman–Crippen LogP) is 0.160. The van der Waals surface area contributed by atoms with Gasteiger partial charge in [-0.3, -0.25) is 0 Å². The molecule has 2 N–H and O–H groups in total. The highest BCUT2D eigenvalue weighted by Gasteiger charge is 2.23. The fourth-order valence-corrected chi connectivity index (χ4v) is 2.86. The van der Waals surface area contributed by atoms with E-state index in [1.54, 1.807) is 0 Å². The summed E-state index contributed by atoms with van der Waals surface area (Å²) in [5, 5.41) is 0. The van der Waals surface area contributed by atoms with E-state index >= 15 is 0 Å². The average Bonchev–Trinajstić information content (AvgIpc) is 1.79. The maximum absolute atomic E-state index is 11.2. The van der Waals surface area contributed by atoms with Crippen LogP contribution in [0.25, 0.3) is 0 Å². The van der Waals surface area contributed by atoms with E-state index < -0.39 is 9.84 Å². The molecule has 0 radical (unpaired) electrons. The Balaban J connectivity index is 2.33. The highest BCUT2D eigenvalue weighted by molar-refractivity contribution is 7.91. The van der Waals surface area contributed by atoms with Gasteiger partial charge in [0.05, 0.1) is 11.5 Å². The quantitative estimate of drug-likeness (QED) is 0.665. The lowest BCUT2D eigenvalue weighted by atomic mass is 9.87. The van der Waals surface area contributed by atoms with Gasteiger partial charge in [0.1, 0.15) is 0 Å². The van der Waals surface area contributed by atoms with Gasteiger partial charge in [0.15, 0.2) is 9.84 Å². The van der Waals surface area contributed by atoms with Crippen LogP contribution in [0.3, 0.4) is 0 Å². The molecule has 0 saturated heterocycles. The van der Waals surface area contributed by atoms with E-state index in [0.29, 0.717) is 11.7 Å². The summed E-state index contributed by atoms with van der Waals surface area (Å²) in [5.74, 6) is 0.958. The Bertz CT molecular complexity index is 206. The second-order valence-electron chi connectivity index (χ2n) is 3.20. The minimum atomic E-state index is -2.82. The molecule has 0 amide bonds. The molecule has 66 valence electrons. The minimum absolute atomic E-state index is 0.156. The molecule has 0 aromatic carbocycles. The molecule has 1 aliphatic rings. The van der Waals surface area contributed by atoms with Gasteiger partial charge in [0.2, 0.25) is 0 Å². The van der Waals surface area contributed by atoms with E-state index in [9.17, 15) is 8.42 Å². The van der Waals surface area contributed by atoms with Crippen molar-refractivity contribution in [2.24, 2.45) is 11.7 Å². The van der Waals surface area contributed by atoms with E-state index in [1.165, 1.54) is 6.42 Å². The molecule has 4 heteroatoms. The fourth-order valence-electron chi connectivity index (χ4n) is 1.28. The van der Waals surface area contributed by atoms with Crippen molar-refractivity contribution < 1.29 is 8.42 Å². The van der Waals surface area contributed by atoms with E-state index in [-0.39, 0.29) is 12.3 Å². The molecule has 0 aromatic rings. The fraction of sp³-hybridized carbons (Fsp3) is 1.00. The Labute approximate surface area is 67.9 Å². The van der Waals surface area contributed by atoms with Gasteiger partial charge in [-0.15, -0.1) is 0 Å². The van der Waals surface area contributed by atoms with Crippen LogP contribution in [0.2, 0.25) is 0 Å². The monoisotopic (exact) mass is 177 g/mol. The maximum atomic E-state index is 11.2. The molecular formula is C7H15NO2S. The summed E-state index contributed by atoms with van der Waals surface area (Å²) in [7, 11) is -2.82. The number of sulfone groups is 1. The lowest BCUT2D eigenvalue weighted by Gasteiger charge is -2.24. The first kappa shape index (κ1) is 9.00. The van der Waals surface area contributed by atoms with E-state index in [4.69, 9.17) is 5.73 Å². The van der Waals surface area contributed by atoms with E-state index in [1.807, 2.05) is 0 Å². The molecule has 0 bridgehead atoms. The van der Waals surface area contributed by atoms with Crippen molar-refractivity contribution >= 4 is 9.84 Å². The topological polar surface area (TPSA) is 60.2 Å². The summed E-state index contributed by atoms with van der Waals surface area (Å²) in [4.78, 5) is 0. The van der Waals surface area contributed by atoms with Crippen molar-refractivity contribution in [1.29, 1.82) is 0 Å². The van der Waals surface area contributed by atoms with E-state index in [2.05, 4.69) is 0 Å². The Kier molecular flexibility index (Phi) is 2.90. The van der Waals surface area contributed by atoms with Crippen LogP contribution in [0.1, 0.15) is 19.3 Å². The smallest absolute Gasteiger partial charge is 0.151 e. The van der Waals surface area contributed by atoms with Crippen LogP contribution >= 0.6 is 0 Å². The summed E-state index contributed by atoms with van der Waals surface area (Å²) in [6, 6.07) is 0. The molecule has 0 heterocycles. The van der Waals surface area contributed by atoms with Crippen LogP contribution in [0.15, 0.2) is 0 Å². The molecular weight excluding hydrogens is 162 g/mol. The average molecular weight is 177 g/mol. The first-order valence-electron chi connectivity index (χ1n) is 4.04. The molecule has 1 aliphatic carbocycles. The van der Waals surface area contributed by atoms with Gasteiger partial charge < -0.3 is 5.73 Å². The third-order valence-electron chi connectivity index (χ3n) is 2.14. The normalized spacial score (nSPS) is 19.7. The highest BCUT2D eigenvalue weighted by atomic mass is 32.2. The van der Waals surface area contributed by atoms with Crippen molar-refractivity contribution in [1.82, 2.24) is 0 Å². The molecule has 11 heavy (non-hydrogen) atoms. The summed E-state index contributed by atoms with van der Waals surface area (Å²) in [5.41, 5.74) is 5.17. The first-order chi connectivity index (χ1) is 5.14. The third-order valence-corrected chi connectivity index (χ3v) is 3.98. The highest BCUT2D eigenvalue weighted by Crippen LogP contribution is 2.27. The number of hydrogen-bond donors (Lipinski definition) is 1. The Morgan fingerprint density at radius 2 is 2.00 bits per heavy atom. The summed E-state index contributed by atoms with van der Waals surface area (Å²) in [6.45, 7) is 0.259. The molecule has 3 nitrogen and oxygen atoms in total. The van der Waals surface area contributed by atoms with Crippen molar-refractivity contribution in [3.8, 4) is 0 Å². The zero-order valence-electron chi connectivity index (χ0n) is 6.62. The molecule has 1 fully saturated rings. The molecule has 1 rings (SSSR count). The van der Waals surface area contributed by atoms with Gasteiger partial charge in [-0.2, -0.15) is 0 Å². The summed E-state index contributed by atoms with van der Waals surface area (Å²) >= 11 is 0. The lowest BCUT2D eigenvalue weighted by molar-refractivity contribution is 0.347. The molecule has 0 aromatic heterocycles. The van der Waals surface area contributed by atoms with Crippen LogP contribution in [0, 0.1) is 5.92 Å². The summed E-state index contributed by atoms with van der Waals surface area (Å²) in [6.07, 6.45) is 3.37. The van der Waals surface area contributed by atoms with Crippen LogP contribution in [-0.4, -0.2) is 26.5 Å². The van der Waals surface area contributed by atoms with Crippen LogP contribution in [0.4, 0.5) is 0 Å². The van der Waals surface area contributed by atoms with Crippen LogP contribution < -0.4 is 5.73 Å². The standard InChI is InChI=1S/C7H15NO2S/c8-4-5-11(9,10)6-7-2-1-3-7/h7H,1-6,8H2. The molecule has 0 spiro atoms.